The molecule has 1 aromatic carbocycles. The number of nitrogens with two attached hydrogens (primary N) is 1. The number of aryl methyl sites for hydroxylation is 1. The molecule has 0 bridgehead atoms. The Hall–Kier alpha value is -2.47. The average molecular weight is 313 g/mol. The number of thiophene rings is 1. The number of hydrogen-bond donors (Lipinski definition) is 1. The van der Waals surface area contributed by atoms with Gasteiger partial charge in [0.05, 0.1) is 12.0 Å². The number of carbonyl (C=O) groups excluding carboxylic acids is 1. The van der Waals surface area contributed by atoms with Crippen LogP contribution in [-0.4, -0.2) is 22.5 Å². The number of esters is 1. The summed E-state index contributed by atoms with van der Waals surface area (Å²) in [6, 6.07) is 9.91. The first-order chi connectivity index (χ1) is 10.7. The summed E-state index contributed by atoms with van der Waals surface area (Å²) in [6.07, 6.45) is 2.09. The number of aromatic nitrogens is 2. The van der Waals surface area contributed by atoms with Gasteiger partial charge in [0.25, 0.3) is 0 Å². The summed E-state index contributed by atoms with van der Waals surface area (Å²) in [4.78, 5) is 21.6. The molecule has 0 fully saturated rings. The molecule has 0 amide bonds. The predicted molar refractivity (Wildman–Crippen MR) is 87.0 cm³/mol. The smallest absolute Gasteiger partial charge is 0.348 e. The van der Waals surface area contributed by atoms with E-state index in [4.69, 9.17) is 10.5 Å². The maximum Gasteiger partial charge on any atom is 0.348 e. The van der Waals surface area contributed by atoms with Gasteiger partial charge in [0.2, 0.25) is 0 Å². The second-order valence-electron chi connectivity index (χ2n) is 4.87. The van der Waals surface area contributed by atoms with Crippen LogP contribution in [0.15, 0.2) is 36.7 Å². The fourth-order valence-corrected chi connectivity index (χ4v) is 3.32. The topological polar surface area (TPSA) is 78.1 Å². The summed E-state index contributed by atoms with van der Waals surface area (Å²) >= 11 is 1.29. The van der Waals surface area contributed by atoms with Gasteiger partial charge in [-0.15, -0.1) is 11.3 Å². The highest BCUT2D eigenvalue weighted by atomic mass is 32.1. The molecule has 22 heavy (non-hydrogen) atoms. The first kappa shape index (κ1) is 14.5. The Kier molecular flexibility index (Phi) is 4.02. The van der Waals surface area contributed by atoms with Gasteiger partial charge >= 0.3 is 5.97 Å². The van der Waals surface area contributed by atoms with E-state index in [9.17, 15) is 4.79 Å². The highest BCUT2D eigenvalue weighted by molar-refractivity contribution is 7.20. The minimum Gasteiger partial charge on any atom is -0.461 e. The molecule has 0 spiro atoms. The third kappa shape index (κ3) is 2.78. The molecule has 2 aromatic heterocycles. The summed E-state index contributed by atoms with van der Waals surface area (Å²) in [5.74, 6) is 0.0536. The van der Waals surface area contributed by atoms with Crippen LogP contribution in [0, 0.1) is 6.92 Å². The molecule has 0 unspecified atom stereocenters. The fraction of sp³-hybridized carbons (Fsp3) is 0.188. The third-order valence-corrected chi connectivity index (χ3v) is 4.59. The Morgan fingerprint density at radius 1 is 1.27 bits per heavy atom. The molecule has 2 N–H and O–H groups in total. The third-order valence-electron chi connectivity index (χ3n) is 3.41. The molecular weight excluding hydrogens is 298 g/mol. The van der Waals surface area contributed by atoms with Gasteiger partial charge < -0.3 is 10.5 Å². The zero-order valence-corrected chi connectivity index (χ0v) is 12.9. The van der Waals surface area contributed by atoms with E-state index in [1.54, 1.807) is 0 Å². The zero-order valence-electron chi connectivity index (χ0n) is 12.1. The van der Waals surface area contributed by atoms with E-state index in [0.29, 0.717) is 28.6 Å². The molecule has 5 nitrogen and oxygen atoms in total. The van der Waals surface area contributed by atoms with Crippen molar-refractivity contribution in [1.82, 2.24) is 9.97 Å². The lowest BCUT2D eigenvalue weighted by molar-refractivity contribution is 0.0514. The van der Waals surface area contributed by atoms with Crippen molar-refractivity contribution in [1.29, 1.82) is 0 Å². The molecule has 112 valence electrons. The minimum absolute atomic E-state index is 0.337. The van der Waals surface area contributed by atoms with Crippen LogP contribution in [0.1, 0.15) is 20.8 Å². The predicted octanol–water partition coefficient (Wildman–Crippen LogP) is 2.98. The number of rotatable bonds is 4. The van der Waals surface area contributed by atoms with Crippen LogP contribution in [0.25, 0.3) is 10.2 Å². The fourth-order valence-electron chi connectivity index (χ4n) is 2.27. The van der Waals surface area contributed by atoms with E-state index < -0.39 is 0 Å². The number of nitrogen functional groups attached to an aromatic ring is 1. The monoisotopic (exact) mass is 313 g/mol. The van der Waals surface area contributed by atoms with Gasteiger partial charge in [-0.05, 0) is 18.1 Å². The highest BCUT2D eigenvalue weighted by Gasteiger charge is 2.19. The molecular formula is C16H15N3O2S. The van der Waals surface area contributed by atoms with E-state index in [2.05, 4.69) is 9.97 Å². The van der Waals surface area contributed by atoms with Crippen molar-refractivity contribution in [2.24, 2.45) is 0 Å². The van der Waals surface area contributed by atoms with Crippen LogP contribution in [0.4, 0.5) is 5.82 Å². The van der Waals surface area contributed by atoms with Crippen molar-refractivity contribution in [3.8, 4) is 0 Å². The number of hydrogen-bond acceptors (Lipinski definition) is 6. The summed E-state index contributed by atoms with van der Waals surface area (Å²) in [5.41, 5.74) is 7.77. The molecule has 0 saturated carbocycles. The van der Waals surface area contributed by atoms with Crippen LogP contribution in [0.3, 0.4) is 0 Å². The lowest BCUT2D eigenvalue weighted by Gasteiger charge is -2.04. The van der Waals surface area contributed by atoms with Gasteiger partial charge in [0, 0.05) is 6.42 Å². The minimum atomic E-state index is -0.337. The molecule has 3 aromatic rings. The Morgan fingerprint density at radius 2 is 2.05 bits per heavy atom. The van der Waals surface area contributed by atoms with Gasteiger partial charge in [-0.25, -0.2) is 14.8 Å². The zero-order chi connectivity index (χ0) is 15.5. The SMILES string of the molecule is Cc1c(C(=O)OCCc2ccccc2)sc2ncnc(N)c12. The van der Waals surface area contributed by atoms with Gasteiger partial charge in [0.1, 0.15) is 21.9 Å². The molecule has 0 aliphatic heterocycles. The summed E-state index contributed by atoms with van der Waals surface area (Å²) in [5, 5.41) is 0.738. The average Bonchev–Trinajstić information content (AvgIpc) is 2.87. The number of carbonyl (C=O) groups is 1. The summed E-state index contributed by atoms with van der Waals surface area (Å²) in [6.45, 7) is 2.18. The van der Waals surface area contributed by atoms with E-state index in [1.165, 1.54) is 17.7 Å². The van der Waals surface area contributed by atoms with Crippen LogP contribution in [0.2, 0.25) is 0 Å². The van der Waals surface area contributed by atoms with E-state index in [-0.39, 0.29) is 5.97 Å². The van der Waals surface area contributed by atoms with Crippen LogP contribution in [0.5, 0.6) is 0 Å². The first-order valence-corrected chi connectivity index (χ1v) is 7.69. The normalized spacial score (nSPS) is 10.8. The molecule has 0 atom stereocenters. The Labute approximate surface area is 131 Å². The van der Waals surface area contributed by atoms with Gasteiger partial charge in [-0.1, -0.05) is 30.3 Å². The Balaban J connectivity index is 1.73. The van der Waals surface area contributed by atoms with E-state index in [0.717, 1.165) is 16.5 Å². The molecule has 0 radical (unpaired) electrons. The Bertz CT molecular complexity index is 815. The van der Waals surface area contributed by atoms with Crippen molar-refractivity contribution in [3.63, 3.8) is 0 Å². The summed E-state index contributed by atoms with van der Waals surface area (Å²) < 4.78 is 5.36. The molecule has 0 aliphatic carbocycles. The molecule has 2 heterocycles. The van der Waals surface area contributed by atoms with Crippen molar-refractivity contribution in [3.05, 3.63) is 52.7 Å². The van der Waals surface area contributed by atoms with Crippen LogP contribution < -0.4 is 5.73 Å². The second kappa shape index (κ2) is 6.11. The molecule has 6 heteroatoms. The quantitative estimate of drug-likeness (QED) is 0.749. The maximum atomic E-state index is 12.2. The van der Waals surface area contributed by atoms with Crippen LogP contribution in [-0.2, 0) is 11.2 Å². The second-order valence-corrected chi connectivity index (χ2v) is 5.87. The van der Waals surface area contributed by atoms with Gasteiger partial charge in [-0.3, -0.25) is 0 Å². The number of benzene rings is 1. The van der Waals surface area contributed by atoms with Gasteiger partial charge in [0.15, 0.2) is 0 Å². The maximum absolute atomic E-state index is 12.2. The Morgan fingerprint density at radius 3 is 2.77 bits per heavy atom. The van der Waals surface area contributed by atoms with Crippen molar-refractivity contribution in [2.75, 3.05) is 12.3 Å². The van der Waals surface area contributed by atoms with Gasteiger partial charge in [-0.2, -0.15) is 0 Å². The number of ether oxygens (including phenoxy) is 1. The standard InChI is InChI=1S/C16H15N3O2S/c1-10-12-14(17)18-9-19-15(12)22-13(10)16(20)21-8-7-11-5-3-2-4-6-11/h2-6,9H,7-8H2,1H3,(H2,17,18,19). The lowest BCUT2D eigenvalue weighted by atomic mass is 10.2. The molecule has 0 saturated heterocycles. The number of fused-ring (bicyclic) bond motifs is 1. The number of anilines is 1. The summed E-state index contributed by atoms with van der Waals surface area (Å²) in [7, 11) is 0. The van der Waals surface area contributed by atoms with E-state index in [1.807, 2.05) is 37.3 Å². The van der Waals surface area contributed by atoms with Crippen LogP contribution >= 0.6 is 11.3 Å². The van der Waals surface area contributed by atoms with Crippen molar-refractivity contribution < 1.29 is 9.53 Å². The molecule has 3 rings (SSSR count). The lowest BCUT2D eigenvalue weighted by Crippen LogP contribution is -2.07. The number of nitrogens with zero attached hydrogens (tertiary/aromatic N) is 2. The largest absolute Gasteiger partial charge is 0.461 e. The van der Waals surface area contributed by atoms with Crippen molar-refractivity contribution in [2.45, 2.75) is 13.3 Å². The van der Waals surface area contributed by atoms with Crippen molar-refractivity contribution >= 4 is 33.3 Å². The highest BCUT2D eigenvalue weighted by Crippen LogP contribution is 2.32. The first-order valence-electron chi connectivity index (χ1n) is 6.87. The molecule has 0 aliphatic rings. The van der Waals surface area contributed by atoms with E-state index >= 15 is 0 Å².